The minimum Gasteiger partial charge on any atom is -0.366 e. The molecule has 1 aromatic rings. The highest BCUT2D eigenvalue weighted by atomic mass is 16.7. The van der Waals surface area contributed by atoms with E-state index in [1.807, 2.05) is 4.90 Å². The van der Waals surface area contributed by atoms with Gasteiger partial charge in [0.15, 0.2) is 0 Å². The van der Waals surface area contributed by atoms with Crippen molar-refractivity contribution in [1.82, 2.24) is 20.2 Å². The van der Waals surface area contributed by atoms with Gasteiger partial charge in [-0.1, -0.05) is 0 Å². The van der Waals surface area contributed by atoms with Crippen molar-refractivity contribution >= 4 is 6.29 Å². The van der Waals surface area contributed by atoms with Gasteiger partial charge in [-0.15, -0.1) is 0 Å². The summed E-state index contributed by atoms with van der Waals surface area (Å²) >= 11 is 0. The van der Waals surface area contributed by atoms with Crippen LogP contribution in [0.3, 0.4) is 0 Å². The third-order valence-electron chi connectivity index (χ3n) is 4.84. The Morgan fingerprint density at radius 3 is 2.70 bits per heavy atom. The summed E-state index contributed by atoms with van der Waals surface area (Å²) in [5.74, 6) is 0. The van der Waals surface area contributed by atoms with Crippen molar-refractivity contribution in [3.05, 3.63) is 34.4 Å². The van der Waals surface area contributed by atoms with Gasteiger partial charge in [-0.25, -0.2) is 9.97 Å². The van der Waals surface area contributed by atoms with E-state index < -0.39 is 11.1 Å². The molecule has 0 bridgehead atoms. The molecule has 0 aromatic carbocycles. The van der Waals surface area contributed by atoms with Gasteiger partial charge in [0.1, 0.15) is 31.4 Å². The molecule has 1 atom stereocenters. The number of rotatable bonds is 6. The molecule has 0 saturated carbocycles. The first-order chi connectivity index (χ1) is 11.2. The zero-order valence-electron chi connectivity index (χ0n) is 12.7. The van der Waals surface area contributed by atoms with Crippen molar-refractivity contribution in [2.45, 2.75) is 17.5 Å². The molecule has 2 aliphatic rings. The van der Waals surface area contributed by atoms with E-state index in [1.165, 1.54) is 6.33 Å². The molecule has 0 spiro atoms. The minimum absolute atomic E-state index is 0.00560. The Morgan fingerprint density at radius 1 is 1.48 bits per heavy atom. The third kappa shape index (κ3) is 2.32. The predicted molar refractivity (Wildman–Crippen MR) is 79.4 cm³/mol. The summed E-state index contributed by atoms with van der Waals surface area (Å²) in [7, 11) is 0. The predicted octanol–water partition coefficient (Wildman–Crippen LogP) is -0.788. The first kappa shape index (κ1) is 15.9. The Labute approximate surface area is 133 Å². The lowest BCUT2D eigenvalue weighted by Crippen LogP contribution is -2.75. The molecule has 2 saturated heterocycles. The second-order valence-electron chi connectivity index (χ2n) is 5.84. The summed E-state index contributed by atoms with van der Waals surface area (Å²) in [6, 6.07) is 1.66. The molecule has 2 aliphatic heterocycles. The number of piperazine rings is 1. The Balaban J connectivity index is 2.17. The molecule has 124 valence electrons. The maximum absolute atomic E-state index is 12.0. The van der Waals surface area contributed by atoms with Crippen LogP contribution in [-0.4, -0.2) is 71.0 Å². The SMILES string of the molecule is O=CCC(c1ccncn1)(N1CCNCC1)C1([N+](=O)[O-])COC1. The molecule has 3 heterocycles. The lowest BCUT2D eigenvalue weighted by Gasteiger charge is -2.53. The van der Waals surface area contributed by atoms with Crippen LogP contribution in [0.15, 0.2) is 18.6 Å². The van der Waals surface area contributed by atoms with Crippen molar-refractivity contribution in [2.24, 2.45) is 0 Å². The van der Waals surface area contributed by atoms with Gasteiger partial charge in [0, 0.05) is 43.7 Å². The maximum Gasteiger partial charge on any atom is 0.291 e. The van der Waals surface area contributed by atoms with E-state index in [0.29, 0.717) is 31.9 Å². The molecule has 0 aliphatic carbocycles. The largest absolute Gasteiger partial charge is 0.366 e. The number of nitrogens with one attached hydrogen (secondary N) is 1. The number of nitro groups is 1. The first-order valence-corrected chi connectivity index (χ1v) is 7.55. The molecule has 3 rings (SSSR count). The maximum atomic E-state index is 12.0. The molecule has 0 amide bonds. The zero-order valence-corrected chi connectivity index (χ0v) is 12.7. The zero-order chi connectivity index (χ0) is 16.3. The monoisotopic (exact) mass is 321 g/mol. The third-order valence-corrected chi connectivity index (χ3v) is 4.84. The molecule has 2 fully saturated rings. The number of aromatic nitrogens is 2. The van der Waals surface area contributed by atoms with E-state index in [9.17, 15) is 14.9 Å². The van der Waals surface area contributed by atoms with E-state index >= 15 is 0 Å². The van der Waals surface area contributed by atoms with E-state index in [0.717, 1.165) is 6.29 Å². The van der Waals surface area contributed by atoms with Gasteiger partial charge in [0.2, 0.25) is 0 Å². The number of hydrogen-bond donors (Lipinski definition) is 1. The number of nitrogens with zero attached hydrogens (tertiary/aromatic N) is 4. The second kappa shape index (κ2) is 6.26. The average molecular weight is 321 g/mol. The Morgan fingerprint density at radius 2 is 2.22 bits per heavy atom. The molecule has 1 aromatic heterocycles. The van der Waals surface area contributed by atoms with Gasteiger partial charge in [-0.3, -0.25) is 15.0 Å². The van der Waals surface area contributed by atoms with Gasteiger partial charge < -0.3 is 14.8 Å². The summed E-state index contributed by atoms with van der Waals surface area (Å²) in [5.41, 5.74) is -2.00. The molecule has 1 N–H and O–H groups in total. The standard InChI is InChI=1S/C14H19N5O4/c20-8-2-14(12-1-3-16-11-17-12,18-6-4-15-5-7-18)13(19(21)22)9-23-10-13/h1,3,8,11,15H,2,4-7,9-10H2. The van der Waals surface area contributed by atoms with Crippen LogP contribution in [0, 0.1) is 10.1 Å². The van der Waals surface area contributed by atoms with Crippen molar-refractivity contribution in [3.63, 3.8) is 0 Å². The lowest BCUT2D eigenvalue weighted by atomic mass is 9.69. The normalized spacial score (nSPS) is 23.5. The summed E-state index contributed by atoms with van der Waals surface area (Å²) < 4.78 is 5.22. The Bertz CT molecular complexity index is 574. The van der Waals surface area contributed by atoms with Gasteiger partial charge in [-0.2, -0.15) is 0 Å². The fourth-order valence-electron chi connectivity index (χ4n) is 3.61. The van der Waals surface area contributed by atoms with E-state index in [2.05, 4.69) is 15.3 Å². The van der Waals surface area contributed by atoms with Crippen molar-refractivity contribution in [3.8, 4) is 0 Å². The van der Waals surface area contributed by atoms with Crippen molar-refractivity contribution < 1.29 is 14.5 Å². The number of carbonyl (C=O) groups is 1. The summed E-state index contributed by atoms with van der Waals surface area (Å²) in [6.45, 7) is 2.57. The topological polar surface area (TPSA) is 110 Å². The number of ether oxygens (including phenoxy) is 1. The summed E-state index contributed by atoms with van der Waals surface area (Å²) in [5, 5.41) is 15.2. The number of carbonyl (C=O) groups excluding carboxylic acids is 1. The van der Waals surface area contributed by atoms with E-state index in [1.54, 1.807) is 12.3 Å². The fraction of sp³-hybridized carbons (Fsp3) is 0.643. The van der Waals surface area contributed by atoms with Crippen LogP contribution in [0.2, 0.25) is 0 Å². The van der Waals surface area contributed by atoms with Crippen molar-refractivity contribution in [2.75, 3.05) is 39.4 Å². The number of aldehydes is 1. The van der Waals surface area contributed by atoms with Crippen LogP contribution >= 0.6 is 0 Å². The van der Waals surface area contributed by atoms with Crippen LogP contribution in [0.25, 0.3) is 0 Å². The van der Waals surface area contributed by atoms with Crippen LogP contribution < -0.4 is 5.32 Å². The van der Waals surface area contributed by atoms with Gasteiger partial charge in [0.05, 0.1) is 5.69 Å². The molecule has 1 unspecified atom stereocenters. The highest BCUT2D eigenvalue weighted by Crippen LogP contribution is 2.46. The Kier molecular flexibility index (Phi) is 4.33. The van der Waals surface area contributed by atoms with Gasteiger partial charge in [0.25, 0.3) is 5.54 Å². The second-order valence-corrected chi connectivity index (χ2v) is 5.84. The fourth-order valence-corrected chi connectivity index (χ4v) is 3.61. The summed E-state index contributed by atoms with van der Waals surface area (Å²) in [4.78, 5) is 33.4. The highest BCUT2D eigenvalue weighted by molar-refractivity contribution is 5.54. The van der Waals surface area contributed by atoms with Gasteiger partial charge in [-0.05, 0) is 6.07 Å². The van der Waals surface area contributed by atoms with Gasteiger partial charge >= 0.3 is 0 Å². The smallest absolute Gasteiger partial charge is 0.291 e. The Hall–Kier alpha value is -1.97. The average Bonchev–Trinajstić information content (AvgIpc) is 2.54. The first-order valence-electron chi connectivity index (χ1n) is 7.55. The molecule has 23 heavy (non-hydrogen) atoms. The molecular weight excluding hydrogens is 302 g/mol. The summed E-state index contributed by atoms with van der Waals surface area (Å²) in [6.07, 6.45) is 3.66. The number of hydrogen-bond acceptors (Lipinski definition) is 8. The van der Waals surface area contributed by atoms with E-state index in [4.69, 9.17) is 4.74 Å². The van der Waals surface area contributed by atoms with E-state index in [-0.39, 0.29) is 24.6 Å². The van der Waals surface area contributed by atoms with Crippen molar-refractivity contribution in [1.29, 1.82) is 0 Å². The molecular formula is C14H19N5O4. The lowest BCUT2D eigenvalue weighted by molar-refractivity contribution is -0.625. The molecule has 9 nitrogen and oxygen atoms in total. The quantitative estimate of drug-likeness (QED) is 0.412. The van der Waals surface area contributed by atoms with Crippen LogP contribution in [0.4, 0.5) is 0 Å². The molecule has 9 heteroatoms. The van der Waals surface area contributed by atoms with Crippen LogP contribution in [0.5, 0.6) is 0 Å². The highest BCUT2D eigenvalue weighted by Gasteiger charge is 2.70. The minimum atomic E-state index is -1.38. The van der Waals surface area contributed by atoms with Crippen LogP contribution in [-0.2, 0) is 15.1 Å². The molecule has 0 radical (unpaired) electrons. The van der Waals surface area contributed by atoms with Crippen LogP contribution in [0.1, 0.15) is 12.1 Å².